The van der Waals surface area contributed by atoms with E-state index in [1.54, 1.807) is 23.7 Å². The quantitative estimate of drug-likeness (QED) is 0.676. The van der Waals surface area contributed by atoms with Crippen molar-refractivity contribution in [2.45, 2.75) is 23.1 Å². The maximum atomic E-state index is 13.3. The molecule has 1 aromatic carbocycles. The number of nitrogens with one attached hydrogen (secondary N) is 1. The predicted octanol–water partition coefficient (Wildman–Crippen LogP) is 2.67. The van der Waals surface area contributed by atoms with Crippen LogP contribution in [0.4, 0.5) is 5.82 Å². The first-order chi connectivity index (χ1) is 12.7. The van der Waals surface area contributed by atoms with Crippen LogP contribution in [-0.2, 0) is 16.3 Å². The van der Waals surface area contributed by atoms with E-state index in [2.05, 4.69) is 20.3 Å². The zero-order chi connectivity index (χ0) is 19.8. The Kier molecular flexibility index (Phi) is 5.41. The summed E-state index contributed by atoms with van der Waals surface area (Å²) in [5.41, 5.74) is 1.95. The van der Waals surface area contributed by atoms with Gasteiger partial charge in [0, 0.05) is 36.4 Å². The number of sulfone groups is 1. The molecular formula is C18H22ClN5O2S. The van der Waals surface area contributed by atoms with Crippen molar-refractivity contribution >= 4 is 32.9 Å². The number of hydrogen-bond donors (Lipinski definition) is 1. The molecule has 0 aliphatic heterocycles. The van der Waals surface area contributed by atoms with Gasteiger partial charge in [-0.1, -0.05) is 17.7 Å². The van der Waals surface area contributed by atoms with Crippen LogP contribution in [0.2, 0.25) is 5.02 Å². The van der Waals surface area contributed by atoms with Crippen LogP contribution in [-0.4, -0.2) is 55.6 Å². The fourth-order valence-corrected chi connectivity index (χ4v) is 4.67. The van der Waals surface area contributed by atoms with Gasteiger partial charge in [0.05, 0.1) is 4.90 Å². The van der Waals surface area contributed by atoms with Crippen LogP contribution < -0.4 is 5.32 Å². The summed E-state index contributed by atoms with van der Waals surface area (Å²) < 4.78 is 28.3. The largest absolute Gasteiger partial charge is 0.370 e. The number of benzene rings is 1. The van der Waals surface area contributed by atoms with Gasteiger partial charge in [-0.15, -0.1) is 5.10 Å². The predicted molar refractivity (Wildman–Crippen MR) is 106 cm³/mol. The minimum absolute atomic E-state index is 0.0575. The van der Waals surface area contributed by atoms with Crippen LogP contribution in [0.3, 0.4) is 0 Å². The number of halogens is 1. The average molecular weight is 408 g/mol. The summed E-state index contributed by atoms with van der Waals surface area (Å²) in [4.78, 5) is 6.71. The number of likely N-dealkylation sites (N-methyl/N-ethyl adjacent to an activating group) is 1. The van der Waals surface area contributed by atoms with Gasteiger partial charge in [-0.25, -0.2) is 17.9 Å². The second-order valence-electron chi connectivity index (χ2n) is 6.57. The molecule has 2 heterocycles. The van der Waals surface area contributed by atoms with Gasteiger partial charge in [0.2, 0.25) is 9.84 Å². The summed E-state index contributed by atoms with van der Waals surface area (Å²) in [7, 11) is 1.77. The molecule has 0 unspecified atom stereocenters. The first-order valence-electron chi connectivity index (χ1n) is 8.46. The van der Waals surface area contributed by atoms with Gasteiger partial charge in [-0.05, 0) is 45.3 Å². The molecule has 0 fully saturated rings. The van der Waals surface area contributed by atoms with Crippen molar-refractivity contribution in [3.8, 4) is 0 Å². The lowest BCUT2D eigenvalue weighted by atomic mass is 10.2. The van der Waals surface area contributed by atoms with E-state index in [-0.39, 0.29) is 15.6 Å². The van der Waals surface area contributed by atoms with Gasteiger partial charge in [-0.3, -0.25) is 0 Å². The minimum atomic E-state index is -3.86. The van der Waals surface area contributed by atoms with E-state index in [0.717, 1.165) is 17.9 Å². The number of nitrogens with zero attached hydrogens (tertiary/aromatic N) is 4. The fraction of sp³-hybridized carbons (Fsp3) is 0.333. The third-order valence-electron chi connectivity index (χ3n) is 4.18. The third kappa shape index (κ3) is 3.78. The molecule has 144 valence electrons. The second-order valence-corrected chi connectivity index (χ2v) is 8.89. The molecule has 7 nitrogen and oxygen atoms in total. The molecular weight excluding hydrogens is 386 g/mol. The molecule has 0 bridgehead atoms. The first kappa shape index (κ1) is 19.6. The molecule has 3 rings (SSSR count). The summed E-state index contributed by atoms with van der Waals surface area (Å²) >= 11 is 6.00. The number of aromatic nitrogens is 3. The van der Waals surface area contributed by atoms with Crippen LogP contribution in [0.1, 0.15) is 11.4 Å². The Hall–Kier alpha value is -2.16. The fourth-order valence-electron chi connectivity index (χ4n) is 2.87. The Balaban J connectivity index is 2.26. The molecule has 2 aromatic heterocycles. The Morgan fingerprint density at radius 2 is 2.00 bits per heavy atom. The van der Waals surface area contributed by atoms with Gasteiger partial charge >= 0.3 is 0 Å². The van der Waals surface area contributed by atoms with E-state index in [0.29, 0.717) is 17.1 Å². The molecule has 0 amide bonds. The van der Waals surface area contributed by atoms with Gasteiger partial charge in [-0.2, -0.15) is 0 Å². The van der Waals surface area contributed by atoms with Crippen molar-refractivity contribution in [3.05, 3.63) is 46.7 Å². The molecule has 0 aliphatic carbocycles. The Labute approximate surface area is 163 Å². The number of rotatable bonds is 6. The molecule has 3 aromatic rings. The number of hydrogen-bond acceptors (Lipinski definition) is 6. The highest BCUT2D eigenvalue weighted by molar-refractivity contribution is 7.91. The highest BCUT2D eigenvalue weighted by atomic mass is 35.5. The van der Waals surface area contributed by atoms with E-state index in [1.165, 1.54) is 12.1 Å². The monoisotopic (exact) mass is 407 g/mol. The standard InChI is InChI=1S/C18H22ClN5O2S/c1-12-10-14(8-9-23(3)4)24-18(21-12)16(17(20-2)22-24)27(25,26)15-7-5-6-13(19)11-15/h5-7,10-11H,8-9H2,1-4H3,(H,20,22). The van der Waals surface area contributed by atoms with Crippen LogP contribution >= 0.6 is 11.6 Å². The summed E-state index contributed by atoms with van der Waals surface area (Å²) in [6.45, 7) is 2.66. The lowest BCUT2D eigenvalue weighted by molar-refractivity contribution is 0.410. The maximum absolute atomic E-state index is 13.3. The molecule has 0 aliphatic rings. The van der Waals surface area contributed by atoms with Crippen molar-refractivity contribution in [1.82, 2.24) is 19.5 Å². The van der Waals surface area contributed by atoms with Crippen molar-refractivity contribution in [2.75, 3.05) is 33.0 Å². The molecule has 0 saturated heterocycles. The molecule has 1 N–H and O–H groups in total. The normalized spacial score (nSPS) is 12.1. The number of anilines is 1. The molecule has 0 saturated carbocycles. The summed E-state index contributed by atoms with van der Waals surface area (Å²) in [5, 5.41) is 7.73. The van der Waals surface area contributed by atoms with Crippen LogP contribution in [0.15, 0.2) is 40.1 Å². The zero-order valence-corrected chi connectivity index (χ0v) is 17.3. The van der Waals surface area contributed by atoms with Gasteiger partial charge in [0.15, 0.2) is 16.4 Å². The molecule has 0 spiro atoms. The minimum Gasteiger partial charge on any atom is -0.370 e. The Bertz CT molecular complexity index is 1090. The topological polar surface area (TPSA) is 79.6 Å². The summed E-state index contributed by atoms with van der Waals surface area (Å²) in [6.07, 6.45) is 0.717. The average Bonchev–Trinajstić information content (AvgIpc) is 2.98. The highest BCUT2D eigenvalue weighted by Gasteiger charge is 2.29. The maximum Gasteiger partial charge on any atom is 0.214 e. The van der Waals surface area contributed by atoms with Crippen molar-refractivity contribution in [1.29, 1.82) is 0 Å². The first-order valence-corrected chi connectivity index (χ1v) is 10.3. The smallest absolute Gasteiger partial charge is 0.214 e. The van der Waals surface area contributed by atoms with Crippen LogP contribution in [0, 0.1) is 6.92 Å². The van der Waals surface area contributed by atoms with E-state index in [4.69, 9.17) is 11.6 Å². The van der Waals surface area contributed by atoms with Crippen molar-refractivity contribution in [2.24, 2.45) is 0 Å². The van der Waals surface area contributed by atoms with Crippen molar-refractivity contribution in [3.63, 3.8) is 0 Å². The van der Waals surface area contributed by atoms with Gasteiger partial charge < -0.3 is 10.2 Å². The second kappa shape index (κ2) is 7.46. The number of aryl methyl sites for hydroxylation is 1. The zero-order valence-electron chi connectivity index (χ0n) is 15.7. The molecule has 9 heteroatoms. The Morgan fingerprint density at radius 1 is 1.26 bits per heavy atom. The third-order valence-corrected chi connectivity index (χ3v) is 6.20. The van der Waals surface area contributed by atoms with Gasteiger partial charge in [0.25, 0.3) is 0 Å². The molecule has 0 radical (unpaired) electrons. The highest BCUT2D eigenvalue weighted by Crippen LogP contribution is 2.32. The Morgan fingerprint density at radius 3 is 2.63 bits per heavy atom. The van der Waals surface area contributed by atoms with E-state index < -0.39 is 9.84 Å². The lowest BCUT2D eigenvalue weighted by Gasteiger charge is -2.11. The lowest BCUT2D eigenvalue weighted by Crippen LogP contribution is -2.17. The number of fused-ring (bicyclic) bond motifs is 1. The van der Waals surface area contributed by atoms with E-state index in [1.807, 2.05) is 27.1 Å². The SMILES string of the molecule is CNc1nn2c(CCN(C)C)cc(C)nc2c1S(=O)(=O)c1cccc(Cl)c1. The summed E-state index contributed by atoms with van der Waals surface area (Å²) in [5.74, 6) is 0.263. The van der Waals surface area contributed by atoms with Crippen molar-refractivity contribution < 1.29 is 8.42 Å². The van der Waals surface area contributed by atoms with E-state index in [9.17, 15) is 8.42 Å². The van der Waals surface area contributed by atoms with Gasteiger partial charge in [0.1, 0.15) is 0 Å². The molecule has 0 atom stereocenters. The van der Waals surface area contributed by atoms with Crippen LogP contribution in [0.5, 0.6) is 0 Å². The van der Waals surface area contributed by atoms with E-state index >= 15 is 0 Å². The summed E-state index contributed by atoms with van der Waals surface area (Å²) in [6, 6.07) is 8.13. The van der Waals surface area contributed by atoms with Crippen LogP contribution in [0.25, 0.3) is 5.65 Å². The molecule has 27 heavy (non-hydrogen) atoms.